The second-order valence-corrected chi connectivity index (χ2v) is 13.9. The summed E-state index contributed by atoms with van der Waals surface area (Å²) in [6.45, 7) is 6.54. The van der Waals surface area contributed by atoms with Crippen molar-refractivity contribution >= 4 is 29.6 Å². The fourth-order valence-corrected chi connectivity index (χ4v) is 7.30. The molecule has 0 radical (unpaired) electrons. The Bertz CT molecular complexity index is 1470. The minimum Gasteiger partial charge on any atom is -0.494 e. The maximum absolute atomic E-state index is 13.4. The molecule has 1 aliphatic heterocycles. The zero-order valence-electron chi connectivity index (χ0n) is 29.5. The number of urea groups is 1. The van der Waals surface area contributed by atoms with Crippen molar-refractivity contribution in [3.63, 3.8) is 0 Å². The quantitative estimate of drug-likeness (QED) is 0.168. The molecule has 48 heavy (non-hydrogen) atoms. The van der Waals surface area contributed by atoms with Crippen LogP contribution in [0.2, 0.25) is 0 Å². The molecule has 260 valence electrons. The molecule has 0 bridgehead atoms. The van der Waals surface area contributed by atoms with Gasteiger partial charge >= 0.3 is 12.0 Å². The van der Waals surface area contributed by atoms with Gasteiger partial charge in [-0.3, -0.25) is 10.1 Å². The Morgan fingerprint density at radius 1 is 0.875 bits per heavy atom. The standard InChI is InChI=1S/C38H53N5O5/c1-26-21-27(2)36(28(3)22-26)48-35(45)25-43-24-29-23-32(47-20-12-17-34(44)41(4)30-13-8-6-9-14-30)18-19-33(29)39-37(43)40-38(46)42(5)31-15-10-7-11-16-31/h18-19,21-23,30-31H,6-17,20,24-25H2,1-5H3,(H,39,40,46). The summed E-state index contributed by atoms with van der Waals surface area (Å²) >= 11 is 0. The predicted molar refractivity (Wildman–Crippen MR) is 188 cm³/mol. The molecule has 0 aromatic heterocycles. The molecule has 10 heteroatoms. The second kappa shape index (κ2) is 16.3. The molecule has 0 unspecified atom stereocenters. The van der Waals surface area contributed by atoms with E-state index in [0.717, 1.165) is 60.8 Å². The van der Waals surface area contributed by atoms with Gasteiger partial charge in [-0.2, -0.15) is 0 Å². The number of hydrogen-bond donors (Lipinski definition) is 1. The van der Waals surface area contributed by atoms with Crippen LogP contribution in [0.25, 0.3) is 0 Å². The fraction of sp³-hybridized carbons (Fsp3) is 0.579. The molecule has 5 rings (SSSR count). The molecule has 0 atom stereocenters. The lowest BCUT2D eigenvalue weighted by atomic mass is 9.94. The molecule has 1 N–H and O–H groups in total. The molecule has 2 fully saturated rings. The smallest absolute Gasteiger partial charge is 0.331 e. The van der Waals surface area contributed by atoms with Gasteiger partial charge in [0, 0.05) is 44.7 Å². The number of amides is 3. The van der Waals surface area contributed by atoms with Gasteiger partial charge in [-0.25, -0.2) is 14.6 Å². The molecule has 3 aliphatic rings. The molecule has 3 amide bonds. The van der Waals surface area contributed by atoms with E-state index in [1.54, 1.807) is 9.80 Å². The first-order chi connectivity index (χ1) is 23.1. The topological polar surface area (TPSA) is 104 Å². The minimum atomic E-state index is -0.439. The van der Waals surface area contributed by atoms with Gasteiger partial charge in [0.15, 0.2) is 0 Å². The summed E-state index contributed by atoms with van der Waals surface area (Å²) in [6.07, 6.45) is 12.3. The van der Waals surface area contributed by atoms with Crippen LogP contribution in [-0.4, -0.2) is 77.9 Å². The first-order valence-electron chi connectivity index (χ1n) is 17.8. The highest BCUT2D eigenvalue weighted by atomic mass is 16.5. The fourth-order valence-electron chi connectivity index (χ4n) is 7.30. The molecule has 2 saturated carbocycles. The number of hydrogen-bond acceptors (Lipinski definition) is 7. The van der Waals surface area contributed by atoms with Crippen molar-refractivity contribution in [2.45, 2.75) is 116 Å². The van der Waals surface area contributed by atoms with Crippen molar-refractivity contribution in [2.24, 2.45) is 4.99 Å². The summed E-state index contributed by atoms with van der Waals surface area (Å²) in [4.78, 5) is 49.7. The number of carbonyl (C=O) groups is 3. The number of guanidine groups is 1. The van der Waals surface area contributed by atoms with Gasteiger partial charge < -0.3 is 24.2 Å². The van der Waals surface area contributed by atoms with Crippen LogP contribution in [0.5, 0.6) is 11.5 Å². The minimum absolute atomic E-state index is 0.0971. The Morgan fingerprint density at radius 3 is 2.15 bits per heavy atom. The van der Waals surface area contributed by atoms with Crippen molar-refractivity contribution < 1.29 is 23.9 Å². The van der Waals surface area contributed by atoms with Crippen molar-refractivity contribution in [3.05, 3.63) is 52.6 Å². The average molecular weight is 660 g/mol. The van der Waals surface area contributed by atoms with Crippen LogP contribution in [0.4, 0.5) is 10.5 Å². The summed E-state index contributed by atoms with van der Waals surface area (Å²) in [7, 11) is 3.76. The van der Waals surface area contributed by atoms with Gasteiger partial charge in [0.05, 0.1) is 12.3 Å². The summed E-state index contributed by atoms with van der Waals surface area (Å²) in [5.74, 6) is 1.29. The van der Waals surface area contributed by atoms with Gasteiger partial charge in [-0.05, 0) is 82.2 Å². The Balaban J connectivity index is 1.25. The van der Waals surface area contributed by atoms with Crippen LogP contribution >= 0.6 is 0 Å². The predicted octanol–water partition coefficient (Wildman–Crippen LogP) is 6.94. The third-order valence-electron chi connectivity index (χ3n) is 10.1. The van der Waals surface area contributed by atoms with Crippen molar-refractivity contribution in [2.75, 3.05) is 27.2 Å². The van der Waals surface area contributed by atoms with Crippen LogP contribution in [0, 0.1) is 20.8 Å². The molecule has 2 aromatic rings. The lowest BCUT2D eigenvalue weighted by Crippen LogP contribution is -2.52. The largest absolute Gasteiger partial charge is 0.494 e. The average Bonchev–Trinajstić information content (AvgIpc) is 3.08. The zero-order chi connectivity index (χ0) is 34.2. The van der Waals surface area contributed by atoms with E-state index in [1.165, 1.54) is 25.7 Å². The Hall–Kier alpha value is -4.08. The molecule has 1 heterocycles. The molecule has 10 nitrogen and oxygen atoms in total. The molecule has 0 spiro atoms. The van der Waals surface area contributed by atoms with Crippen LogP contribution in [0.3, 0.4) is 0 Å². The number of ether oxygens (including phenoxy) is 2. The van der Waals surface area contributed by atoms with Crippen molar-refractivity contribution in [1.29, 1.82) is 0 Å². The summed E-state index contributed by atoms with van der Waals surface area (Å²) in [6, 6.07) is 9.95. The Labute approximate surface area is 285 Å². The SMILES string of the molecule is Cc1cc(C)c(OC(=O)CN2Cc3cc(OCCCC(=O)N(C)C4CCCCC4)ccc3N=C2NC(=O)N(C)C2CCCCC2)c(C)c1. The van der Waals surface area contributed by atoms with Gasteiger partial charge in [-0.1, -0.05) is 56.2 Å². The van der Waals surface area contributed by atoms with Crippen LogP contribution in [0.15, 0.2) is 35.3 Å². The van der Waals surface area contributed by atoms with E-state index in [0.29, 0.717) is 55.2 Å². The van der Waals surface area contributed by atoms with E-state index in [9.17, 15) is 14.4 Å². The number of aliphatic imine (C=N–C) groups is 1. The van der Waals surface area contributed by atoms with Gasteiger partial charge in [0.1, 0.15) is 18.0 Å². The molecule has 2 aromatic carbocycles. The van der Waals surface area contributed by atoms with E-state index >= 15 is 0 Å². The lowest BCUT2D eigenvalue weighted by Gasteiger charge is -2.34. The van der Waals surface area contributed by atoms with Gasteiger partial charge in [-0.15, -0.1) is 0 Å². The first-order valence-corrected chi connectivity index (χ1v) is 17.8. The third-order valence-corrected chi connectivity index (χ3v) is 10.1. The summed E-state index contributed by atoms with van der Waals surface area (Å²) in [5.41, 5.74) is 4.47. The Morgan fingerprint density at radius 2 is 1.50 bits per heavy atom. The number of fused-ring (bicyclic) bond motifs is 1. The van der Waals surface area contributed by atoms with E-state index in [2.05, 4.69) is 5.32 Å². The van der Waals surface area contributed by atoms with E-state index in [1.807, 2.05) is 70.1 Å². The highest BCUT2D eigenvalue weighted by molar-refractivity contribution is 5.99. The first kappa shape index (κ1) is 35.2. The summed E-state index contributed by atoms with van der Waals surface area (Å²) < 4.78 is 11.9. The normalized spacial score (nSPS) is 16.9. The van der Waals surface area contributed by atoms with E-state index in [-0.39, 0.29) is 24.5 Å². The molecule has 2 aliphatic carbocycles. The number of aryl methyl sites for hydroxylation is 3. The monoisotopic (exact) mass is 659 g/mol. The number of nitrogens with zero attached hydrogens (tertiary/aromatic N) is 4. The number of benzene rings is 2. The lowest BCUT2D eigenvalue weighted by molar-refractivity contribution is -0.135. The number of nitrogens with one attached hydrogen (secondary N) is 1. The maximum atomic E-state index is 13.4. The molecular weight excluding hydrogens is 606 g/mol. The highest BCUT2D eigenvalue weighted by Gasteiger charge is 2.29. The highest BCUT2D eigenvalue weighted by Crippen LogP contribution is 2.31. The number of carbonyl (C=O) groups excluding carboxylic acids is 3. The van der Waals surface area contributed by atoms with E-state index in [4.69, 9.17) is 14.5 Å². The maximum Gasteiger partial charge on any atom is 0.331 e. The van der Waals surface area contributed by atoms with Gasteiger partial charge in [0.2, 0.25) is 11.9 Å². The second-order valence-electron chi connectivity index (χ2n) is 13.9. The zero-order valence-corrected chi connectivity index (χ0v) is 29.5. The molecule has 0 saturated heterocycles. The summed E-state index contributed by atoms with van der Waals surface area (Å²) in [5, 5.41) is 2.99. The van der Waals surface area contributed by atoms with Crippen molar-refractivity contribution in [3.8, 4) is 11.5 Å². The number of rotatable bonds is 10. The van der Waals surface area contributed by atoms with Gasteiger partial charge in [0.25, 0.3) is 0 Å². The number of esters is 1. The van der Waals surface area contributed by atoms with Crippen LogP contribution in [0.1, 0.15) is 99.3 Å². The third kappa shape index (κ3) is 9.08. The van der Waals surface area contributed by atoms with Crippen molar-refractivity contribution in [1.82, 2.24) is 20.0 Å². The van der Waals surface area contributed by atoms with Crippen LogP contribution in [-0.2, 0) is 16.1 Å². The Kier molecular flexibility index (Phi) is 12.0. The molecular formula is C38H53N5O5. The van der Waals surface area contributed by atoms with E-state index < -0.39 is 5.97 Å². The van der Waals surface area contributed by atoms with Crippen LogP contribution < -0.4 is 14.8 Å².